The lowest BCUT2D eigenvalue weighted by Gasteiger charge is -2.32. The number of unbranched alkanes of at least 4 members (excludes halogenated alkanes) is 13. The summed E-state index contributed by atoms with van der Waals surface area (Å²) in [6.45, 7) is 11.6. The maximum absolute atomic E-state index is 13.2. The number of esters is 1. The zero-order chi connectivity index (χ0) is 24.5. The molecule has 0 radical (unpaired) electrons. The first-order chi connectivity index (χ1) is 14.9. The van der Waals surface area contributed by atoms with E-state index in [4.69, 9.17) is 9.05 Å². The van der Waals surface area contributed by atoms with Gasteiger partial charge in [0.15, 0.2) is 0 Å². The molecule has 0 spiro atoms. The zero-order valence-corrected chi connectivity index (χ0v) is 23.2. The average Bonchev–Trinajstić information content (AvgIpc) is 2.64. The molecule has 0 aromatic rings. The van der Waals surface area contributed by atoms with Crippen LogP contribution in [0.1, 0.15) is 138 Å². The average molecular weight is 477 g/mol. The molecule has 0 rings (SSSR count). The minimum Gasteiger partial charge on any atom is -0.469 e. The highest BCUT2D eigenvalue weighted by Gasteiger charge is 2.34. The summed E-state index contributed by atoms with van der Waals surface area (Å²) >= 11 is 0. The van der Waals surface area contributed by atoms with Crippen molar-refractivity contribution in [2.45, 2.75) is 149 Å². The van der Waals surface area contributed by atoms with Crippen molar-refractivity contribution in [2.75, 3.05) is 13.3 Å². The van der Waals surface area contributed by atoms with Crippen molar-refractivity contribution in [1.82, 2.24) is 0 Å². The van der Waals surface area contributed by atoms with Crippen LogP contribution >= 0.6 is 7.60 Å². The summed E-state index contributed by atoms with van der Waals surface area (Å²) in [6.07, 6.45) is 18.0. The fourth-order valence-corrected chi connectivity index (χ4v) is 6.24. The maximum Gasteiger partial charge on any atom is 0.331 e. The first kappa shape index (κ1) is 31.6. The predicted molar refractivity (Wildman–Crippen MR) is 135 cm³/mol. The van der Waals surface area contributed by atoms with Gasteiger partial charge in [0, 0.05) is 6.42 Å². The van der Waals surface area contributed by atoms with E-state index in [9.17, 15) is 9.36 Å². The summed E-state index contributed by atoms with van der Waals surface area (Å²) in [6, 6.07) is 0. The van der Waals surface area contributed by atoms with E-state index in [2.05, 4.69) is 4.74 Å². The molecular formula is C26H53O5P. The molecule has 0 aromatic carbocycles. The quantitative estimate of drug-likeness (QED) is 0.106. The number of rotatable bonds is 19. The lowest BCUT2D eigenvalue weighted by atomic mass is 10.0. The van der Waals surface area contributed by atoms with Gasteiger partial charge >= 0.3 is 13.6 Å². The third-order valence-electron chi connectivity index (χ3n) is 5.12. The van der Waals surface area contributed by atoms with E-state index >= 15 is 0 Å². The number of carbonyl (C=O) groups excluding carboxylic acids is 1. The Balaban J connectivity index is 3.64. The Morgan fingerprint density at radius 3 is 1.22 bits per heavy atom. The maximum atomic E-state index is 13.2. The molecule has 0 aliphatic rings. The molecule has 0 aromatic heterocycles. The minimum atomic E-state index is -3.08. The summed E-state index contributed by atoms with van der Waals surface area (Å²) < 4.78 is 29.5. The van der Waals surface area contributed by atoms with E-state index in [0.29, 0.717) is 12.6 Å². The van der Waals surface area contributed by atoms with Crippen LogP contribution in [0.4, 0.5) is 0 Å². The molecule has 0 amide bonds. The van der Waals surface area contributed by atoms with Crippen molar-refractivity contribution < 1.29 is 23.1 Å². The summed E-state index contributed by atoms with van der Waals surface area (Å²) in [5, 5.41) is 0. The fourth-order valence-electron chi connectivity index (χ4n) is 3.74. The largest absolute Gasteiger partial charge is 0.469 e. The van der Waals surface area contributed by atoms with Gasteiger partial charge in [-0.25, -0.2) is 0 Å². The molecule has 0 aliphatic heterocycles. The van der Waals surface area contributed by atoms with Gasteiger partial charge in [0.1, 0.15) is 0 Å². The van der Waals surface area contributed by atoms with Crippen LogP contribution in [0.5, 0.6) is 0 Å². The van der Waals surface area contributed by atoms with E-state index in [1.807, 2.05) is 41.5 Å². The van der Waals surface area contributed by atoms with Crippen LogP contribution in [0.2, 0.25) is 0 Å². The molecule has 5 nitrogen and oxygen atoms in total. The Morgan fingerprint density at radius 2 is 0.906 bits per heavy atom. The van der Waals surface area contributed by atoms with Crippen molar-refractivity contribution in [3.8, 4) is 0 Å². The number of hydrogen-bond acceptors (Lipinski definition) is 5. The van der Waals surface area contributed by atoms with Crippen LogP contribution in [0.3, 0.4) is 0 Å². The second-order valence-corrected chi connectivity index (χ2v) is 13.1. The first-order valence-electron chi connectivity index (χ1n) is 12.9. The number of ether oxygens (including phenoxy) is 1. The standard InChI is InChI=1S/C26H53O5P/c1-25(2,3)30-32(28,31-26(4,5)6)23-21-19-17-15-13-11-9-8-10-12-14-16-18-20-22-24(27)29-7/h8-23H2,1-7H3. The summed E-state index contributed by atoms with van der Waals surface area (Å²) in [5.41, 5.74) is -0.934. The van der Waals surface area contributed by atoms with Gasteiger partial charge in [-0.05, 0) is 54.4 Å². The van der Waals surface area contributed by atoms with Gasteiger partial charge in [0.05, 0.1) is 24.5 Å². The minimum absolute atomic E-state index is 0.0888. The highest BCUT2D eigenvalue weighted by molar-refractivity contribution is 7.53. The Bertz CT molecular complexity index is 499. The zero-order valence-electron chi connectivity index (χ0n) is 22.3. The molecule has 0 atom stereocenters. The summed E-state index contributed by atoms with van der Waals surface area (Å²) in [7, 11) is -1.62. The molecule has 0 saturated carbocycles. The van der Waals surface area contributed by atoms with E-state index in [-0.39, 0.29) is 5.97 Å². The Labute approximate surface area is 199 Å². The number of methoxy groups -OCH3 is 1. The van der Waals surface area contributed by atoms with Crippen LogP contribution in [0.25, 0.3) is 0 Å². The summed E-state index contributed by atoms with van der Waals surface area (Å²) in [4.78, 5) is 11.0. The highest BCUT2D eigenvalue weighted by atomic mass is 31.2. The molecule has 0 heterocycles. The molecule has 0 N–H and O–H groups in total. The molecule has 0 saturated heterocycles. The van der Waals surface area contributed by atoms with Gasteiger partial charge in [-0.1, -0.05) is 77.0 Å². The predicted octanol–water partition coefficient (Wildman–Crippen LogP) is 8.83. The molecule has 0 fully saturated rings. The fraction of sp³-hybridized carbons (Fsp3) is 0.962. The molecule has 32 heavy (non-hydrogen) atoms. The number of hydrogen-bond donors (Lipinski definition) is 0. The molecule has 6 heteroatoms. The molecule has 0 aliphatic carbocycles. The van der Waals surface area contributed by atoms with Crippen LogP contribution in [0, 0.1) is 0 Å². The van der Waals surface area contributed by atoms with Crippen LogP contribution in [0.15, 0.2) is 0 Å². The normalized spacial score (nSPS) is 12.8. The van der Waals surface area contributed by atoms with E-state index < -0.39 is 18.8 Å². The first-order valence-corrected chi connectivity index (χ1v) is 14.7. The Morgan fingerprint density at radius 1 is 0.594 bits per heavy atom. The van der Waals surface area contributed by atoms with E-state index in [1.54, 1.807) is 0 Å². The third kappa shape index (κ3) is 21.5. The van der Waals surface area contributed by atoms with Crippen molar-refractivity contribution in [3.05, 3.63) is 0 Å². The molecular weight excluding hydrogens is 423 g/mol. The van der Waals surface area contributed by atoms with Crippen LogP contribution in [-0.4, -0.2) is 30.4 Å². The van der Waals surface area contributed by atoms with Gasteiger partial charge < -0.3 is 13.8 Å². The van der Waals surface area contributed by atoms with Crippen LogP contribution < -0.4 is 0 Å². The molecule has 0 bridgehead atoms. The Hall–Kier alpha value is -0.380. The Kier molecular flexibility index (Phi) is 16.9. The lowest BCUT2D eigenvalue weighted by Crippen LogP contribution is -2.24. The smallest absolute Gasteiger partial charge is 0.331 e. The van der Waals surface area contributed by atoms with Gasteiger partial charge in [-0.15, -0.1) is 0 Å². The van der Waals surface area contributed by atoms with Crippen molar-refractivity contribution >= 4 is 13.6 Å². The second-order valence-electron chi connectivity index (χ2n) is 11.0. The van der Waals surface area contributed by atoms with Gasteiger partial charge in [-0.2, -0.15) is 0 Å². The summed E-state index contributed by atoms with van der Waals surface area (Å²) in [5.74, 6) is -0.0888. The number of carbonyl (C=O) groups is 1. The van der Waals surface area contributed by atoms with Crippen molar-refractivity contribution in [2.24, 2.45) is 0 Å². The van der Waals surface area contributed by atoms with Gasteiger partial charge in [-0.3, -0.25) is 9.36 Å². The highest BCUT2D eigenvalue weighted by Crippen LogP contribution is 2.55. The lowest BCUT2D eigenvalue weighted by molar-refractivity contribution is -0.140. The van der Waals surface area contributed by atoms with E-state index in [0.717, 1.165) is 25.7 Å². The van der Waals surface area contributed by atoms with E-state index in [1.165, 1.54) is 71.3 Å². The molecule has 192 valence electrons. The van der Waals surface area contributed by atoms with Gasteiger partial charge in [0.2, 0.25) is 0 Å². The second kappa shape index (κ2) is 17.1. The third-order valence-corrected chi connectivity index (χ3v) is 7.63. The van der Waals surface area contributed by atoms with Crippen molar-refractivity contribution in [3.63, 3.8) is 0 Å². The van der Waals surface area contributed by atoms with Crippen LogP contribution in [-0.2, 0) is 23.1 Å². The molecule has 0 unspecified atom stereocenters. The van der Waals surface area contributed by atoms with Crippen molar-refractivity contribution in [1.29, 1.82) is 0 Å². The SMILES string of the molecule is COC(=O)CCCCCCCCCCCCCCCCP(=O)(OC(C)(C)C)OC(C)(C)C. The van der Waals surface area contributed by atoms with Gasteiger partial charge in [0.25, 0.3) is 0 Å². The monoisotopic (exact) mass is 476 g/mol. The topological polar surface area (TPSA) is 61.8 Å².